The fraction of sp³-hybridized carbons (Fsp3) is 0.909. The highest BCUT2D eigenvalue weighted by molar-refractivity contribution is 5.73. The molecule has 76 valence electrons. The van der Waals surface area contributed by atoms with Crippen LogP contribution in [0.4, 0.5) is 0 Å². The fourth-order valence-corrected chi connectivity index (χ4v) is 2.32. The first-order chi connectivity index (χ1) is 6.24. The molecule has 1 saturated carbocycles. The van der Waals surface area contributed by atoms with Crippen LogP contribution in [0.15, 0.2) is 0 Å². The molecule has 1 N–H and O–H groups in total. The highest BCUT2D eigenvalue weighted by atomic mass is 16.1. The van der Waals surface area contributed by atoms with Crippen LogP contribution in [0.1, 0.15) is 52.4 Å². The number of rotatable bonds is 2. The number of carbonyl (C=O) groups is 1. The lowest BCUT2D eigenvalue weighted by Crippen LogP contribution is -2.38. The average molecular weight is 183 g/mol. The first-order valence-corrected chi connectivity index (χ1v) is 5.51. The van der Waals surface area contributed by atoms with Crippen molar-refractivity contribution < 1.29 is 4.79 Å². The van der Waals surface area contributed by atoms with Gasteiger partial charge in [0.05, 0.1) is 0 Å². The van der Waals surface area contributed by atoms with Gasteiger partial charge in [0.25, 0.3) is 0 Å². The maximum Gasteiger partial charge on any atom is 0.217 e. The molecule has 0 aromatic heterocycles. The Morgan fingerprint density at radius 1 is 1.31 bits per heavy atom. The molecule has 2 atom stereocenters. The van der Waals surface area contributed by atoms with Crippen LogP contribution in [-0.4, -0.2) is 11.9 Å². The minimum absolute atomic E-state index is 0.130. The number of hydrogen-bond acceptors (Lipinski definition) is 1. The molecule has 0 aromatic carbocycles. The quantitative estimate of drug-likeness (QED) is 0.655. The van der Waals surface area contributed by atoms with Gasteiger partial charge in [0.1, 0.15) is 0 Å². The Kier molecular flexibility index (Phi) is 4.26. The van der Waals surface area contributed by atoms with E-state index in [9.17, 15) is 4.79 Å². The Morgan fingerprint density at radius 2 is 2.00 bits per heavy atom. The van der Waals surface area contributed by atoms with Crippen LogP contribution < -0.4 is 5.32 Å². The lowest BCUT2D eigenvalue weighted by molar-refractivity contribution is -0.120. The van der Waals surface area contributed by atoms with Crippen molar-refractivity contribution in [3.8, 4) is 0 Å². The third kappa shape index (κ3) is 3.37. The van der Waals surface area contributed by atoms with Crippen LogP contribution in [0.3, 0.4) is 0 Å². The summed E-state index contributed by atoms with van der Waals surface area (Å²) in [5.41, 5.74) is 0. The molecule has 2 nitrogen and oxygen atoms in total. The van der Waals surface area contributed by atoms with Crippen molar-refractivity contribution in [2.24, 2.45) is 5.92 Å². The maximum absolute atomic E-state index is 11.0. The summed E-state index contributed by atoms with van der Waals surface area (Å²) in [6, 6.07) is 0.449. The minimum atomic E-state index is 0.130. The highest BCUT2D eigenvalue weighted by Gasteiger charge is 2.22. The van der Waals surface area contributed by atoms with Crippen molar-refractivity contribution >= 4 is 5.91 Å². The molecule has 0 unspecified atom stereocenters. The Labute approximate surface area is 81.1 Å². The second-order valence-corrected chi connectivity index (χ2v) is 4.11. The maximum atomic E-state index is 11.0. The average Bonchev–Trinajstić information content (AvgIpc) is 2.28. The van der Waals surface area contributed by atoms with Gasteiger partial charge in [-0.2, -0.15) is 0 Å². The SMILES string of the molecule is CC[C@@H]1CCCCC[C@@H]1NC(C)=O. The molecule has 0 aromatic rings. The van der Waals surface area contributed by atoms with Crippen LogP contribution in [0.2, 0.25) is 0 Å². The standard InChI is InChI=1S/C11H21NO/c1-3-10-7-5-4-6-8-11(10)12-9(2)13/h10-11H,3-8H2,1-2H3,(H,12,13)/t10-,11+/m1/s1. The molecule has 0 spiro atoms. The molecule has 2 heteroatoms. The molecular weight excluding hydrogens is 162 g/mol. The van der Waals surface area contributed by atoms with E-state index in [1.807, 2.05) is 0 Å². The summed E-state index contributed by atoms with van der Waals surface area (Å²) in [4.78, 5) is 11.0. The van der Waals surface area contributed by atoms with E-state index in [2.05, 4.69) is 12.2 Å². The molecule has 0 bridgehead atoms. The Hall–Kier alpha value is -0.530. The molecule has 0 saturated heterocycles. The van der Waals surface area contributed by atoms with E-state index in [0.29, 0.717) is 12.0 Å². The summed E-state index contributed by atoms with van der Waals surface area (Å²) < 4.78 is 0. The van der Waals surface area contributed by atoms with E-state index in [4.69, 9.17) is 0 Å². The largest absolute Gasteiger partial charge is 0.353 e. The van der Waals surface area contributed by atoms with Crippen LogP contribution in [0.5, 0.6) is 0 Å². The van der Waals surface area contributed by atoms with Gasteiger partial charge in [-0.15, -0.1) is 0 Å². The van der Waals surface area contributed by atoms with Gasteiger partial charge in [0.15, 0.2) is 0 Å². The van der Waals surface area contributed by atoms with Crippen LogP contribution >= 0.6 is 0 Å². The Balaban J connectivity index is 2.48. The molecule has 0 heterocycles. The lowest BCUT2D eigenvalue weighted by atomic mass is 9.92. The van der Waals surface area contributed by atoms with Gasteiger partial charge in [-0.3, -0.25) is 4.79 Å². The zero-order valence-electron chi connectivity index (χ0n) is 8.81. The van der Waals surface area contributed by atoms with Crippen molar-refractivity contribution in [1.82, 2.24) is 5.32 Å². The molecule has 1 aliphatic rings. The monoisotopic (exact) mass is 183 g/mol. The number of amides is 1. The van der Waals surface area contributed by atoms with Crippen LogP contribution in [0, 0.1) is 5.92 Å². The summed E-state index contributed by atoms with van der Waals surface area (Å²) in [5.74, 6) is 0.844. The summed E-state index contributed by atoms with van der Waals surface area (Å²) in [6.07, 6.45) is 7.63. The van der Waals surface area contributed by atoms with Crippen LogP contribution in [-0.2, 0) is 4.79 Å². The van der Waals surface area contributed by atoms with E-state index in [1.165, 1.54) is 38.5 Å². The summed E-state index contributed by atoms with van der Waals surface area (Å²) in [6.45, 7) is 3.85. The van der Waals surface area contributed by atoms with Gasteiger partial charge < -0.3 is 5.32 Å². The van der Waals surface area contributed by atoms with Crippen molar-refractivity contribution in [2.45, 2.75) is 58.4 Å². The minimum Gasteiger partial charge on any atom is -0.353 e. The zero-order chi connectivity index (χ0) is 9.68. The molecule has 1 fully saturated rings. The summed E-state index contributed by atoms with van der Waals surface area (Å²) in [5, 5.41) is 3.08. The van der Waals surface area contributed by atoms with Crippen molar-refractivity contribution in [1.29, 1.82) is 0 Å². The third-order valence-electron chi connectivity index (χ3n) is 3.07. The van der Waals surface area contributed by atoms with Crippen molar-refractivity contribution in [3.63, 3.8) is 0 Å². The second-order valence-electron chi connectivity index (χ2n) is 4.11. The summed E-state index contributed by atoms with van der Waals surface area (Å²) in [7, 11) is 0. The van der Waals surface area contributed by atoms with Gasteiger partial charge in [-0.25, -0.2) is 0 Å². The normalized spacial score (nSPS) is 29.4. The van der Waals surface area contributed by atoms with Crippen molar-refractivity contribution in [2.75, 3.05) is 0 Å². The highest BCUT2D eigenvalue weighted by Crippen LogP contribution is 2.25. The number of nitrogens with one attached hydrogen (secondary N) is 1. The molecule has 0 aliphatic heterocycles. The van der Waals surface area contributed by atoms with E-state index >= 15 is 0 Å². The first kappa shape index (κ1) is 10.6. The van der Waals surface area contributed by atoms with Gasteiger partial charge in [0.2, 0.25) is 5.91 Å². The van der Waals surface area contributed by atoms with Gasteiger partial charge >= 0.3 is 0 Å². The van der Waals surface area contributed by atoms with E-state index in [0.717, 1.165) is 0 Å². The Bertz CT molecular complexity index is 167. The molecule has 1 aliphatic carbocycles. The lowest BCUT2D eigenvalue weighted by Gasteiger charge is -2.24. The van der Waals surface area contributed by atoms with E-state index in [1.54, 1.807) is 6.92 Å². The van der Waals surface area contributed by atoms with E-state index in [-0.39, 0.29) is 5.91 Å². The smallest absolute Gasteiger partial charge is 0.217 e. The predicted molar refractivity (Wildman–Crippen MR) is 54.5 cm³/mol. The van der Waals surface area contributed by atoms with E-state index < -0.39 is 0 Å². The summed E-state index contributed by atoms with van der Waals surface area (Å²) >= 11 is 0. The van der Waals surface area contributed by atoms with Crippen molar-refractivity contribution in [3.05, 3.63) is 0 Å². The second kappa shape index (κ2) is 5.25. The molecule has 1 rings (SSSR count). The first-order valence-electron chi connectivity index (χ1n) is 5.51. The predicted octanol–water partition coefficient (Wildman–Crippen LogP) is 2.48. The van der Waals surface area contributed by atoms with Gasteiger partial charge in [-0.1, -0.05) is 32.6 Å². The molecule has 1 amide bonds. The van der Waals surface area contributed by atoms with Gasteiger partial charge in [0, 0.05) is 13.0 Å². The fourth-order valence-electron chi connectivity index (χ4n) is 2.32. The molecular formula is C11H21NO. The molecule has 0 radical (unpaired) electrons. The Morgan fingerprint density at radius 3 is 2.62 bits per heavy atom. The third-order valence-corrected chi connectivity index (χ3v) is 3.07. The van der Waals surface area contributed by atoms with Crippen LogP contribution in [0.25, 0.3) is 0 Å². The zero-order valence-corrected chi connectivity index (χ0v) is 8.81. The number of carbonyl (C=O) groups excluding carboxylic acids is 1. The van der Waals surface area contributed by atoms with Gasteiger partial charge in [-0.05, 0) is 18.8 Å². The number of hydrogen-bond donors (Lipinski definition) is 1. The topological polar surface area (TPSA) is 29.1 Å². The molecule has 13 heavy (non-hydrogen) atoms.